The van der Waals surface area contributed by atoms with Crippen molar-refractivity contribution in [2.75, 3.05) is 23.3 Å². The Hall–Kier alpha value is -2.01. The van der Waals surface area contributed by atoms with Gasteiger partial charge in [-0.1, -0.05) is 30.3 Å². The van der Waals surface area contributed by atoms with E-state index < -0.39 is 0 Å². The summed E-state index contributed by atoms with van der Waals surface area (Å²) >= 11 is 1.65. The maximum absolute atomic E-state index is 12.5. The molecule has 0 unspecified atom stereocenters. The third-order valence-corrected chi connectivity index (χ3v) is 5.38. The van der Waals surface area contributed by atoms with Crippen LogP contribution in [-0.4, -0.2) is 29.2 Å². The molecule has 1 aliphatic rings. The molecule has 0 aliphatic carbocycles. The summed E-state index contributed by atoms with van der Waals surface area (Å²) in [4.78, 5) is 19.2. The van der Waals surface area contributed by atoms with Gasteiger partial charge in [0.1, 0.15) is 0 Å². The zero-order valence-electron chi connectivity index (χ0n) is 13.9. The summed E-state index contributed by atoms with van der Waals surface area (Å²) < 4.78 is 0. The molecule has 0 bridgehead atoms. The number of amides is 1. The maximum atomic E-state index is 12.5. The van der Waals surface area contributed by atoms with Crippen molar-refractivity contribution in [3.8, 4) is 0 Å². The third-order valence-electron chi connectivity index (χ3n) is 4.16. The van der Waals surface area contributed by atoms with E-state index in [2.05, 4.69) is 27.3 Å². The van der Waals surface area contributed by atoms with Crippen LogP contribution in [0.25, 0.3) is 0 Å². The van der Waals surface area contributed by atoms with E-state index in [0.29, 0.717) is 0 Å². The predicted octanol–water partition coefficient (Wildman–Crippen LogP) is 3.94. The average molecular weight is 341 g/mol. The SMILES string of the molecule is C[C@@H](SCc1ccccc1)C(=O)Nc1cccnc1N1CCCC1. The molecule has 2 aromatic rings. The molecule has 1 N–H and O–H groups in total. The van der Waals surface area contributed by atoms with Crippen molar-refractivity contribution in [2.24, 2.45) is 0 Å². The lowest BCUT2D eigenvalue weighted by Gasteiger charge is -2.21. The molecule has 1 amide bonds. The van der Waals surface area contributed by atoms with E-state index >= 15 is 0 Å². The van der Waals surface area contributed by atoms with Crippen molar-refractivity contribution in [1.82, 2.24) is 4.98 Å². The van der Waals surface area contributed by atoms with E-state index in [-0.39, 0.29) is 11.2 Å². The molecule has 3 rings (SSSR count). The number of benzene rings is 1. The monoisotopic (exact) mass is 341 g/mol. The van der Waals surface area contributed by atoms with Crippen molar-refractivity contribution in [1.29, 1.82) is 0 Å². The number of pyridine rings is 1. The second-order valence-electron chi connectivity index (χ2n) is 6.00. The normalized spacial score (nSPS) is 15.3. The summed E-state index contributed by atoms with van der Waals surface area (Å²) in [7, 11) is 0. The quantitative estimate of drug-likeness (QED) is 0.864. The Labute approximate surface area is 147 Å². The van der Waals surface area contributed by atoms with Crippen molar-refractivity contribution in [2.45, 2.75) is 30.8 Å². The lowest BCUT2D eigenvalue weighted by atomic mass is 10.2. The highest BCUT2D eigenvalue weighted by molar-refractivity contribution is 7.99. The zero-order chi connectivity index (χ0) is 16.8. The number of nitrogens with zero attached hydrogens (tertiary/aromatic N) is 2. The highest BCUT2D eigenvalue weighted by Gasteiger charge is 2.20. The Kier molecular flexibility index (Phi) is 5.75. The highest BCUT2D eigenvalue weighted by Crippen LogP contribution is 2.27. The standard InChI is InChI=1S/C19H23N3OS/c1-15(24-14-16-8-3-2-4-9-16)19(23)21-17-10-7-11-20-18(17)22-12-5-6-13-22/h2-4,7-11,15H,5-6,12-14H2,1H3,(H,21,23)/t15-/m1/s1. The number of rotatable bonds is 6. The number of nitrogens with one attached hydrogen (secondary N) is 1. The summed E-state index contributed by atoms with van der Waals surface area (Å²) in [5, 5.41) is 2.95. The number of hydrogen-bond acceptors (Lipinski definition) is 4. The maximum Gasteiger partial charge on any atom is 0.237 e. The van der Waals surface area contributed by atoms with Gasteiger partial charge in [-0.2, -0.15) is 0 Å². The minimum Gasteiger partial charge on any atom is -0.355 e. The van der Waals surface area contributed by atoms with Gasteiger partial charge in [0.05, 0.1) is 10.9 Å². The summed E-state index contributed by atoms with van der Waals surface area (Å²) in [6, 6.07) is 14.0. The van der Waals surface area contributed by atoms with Gasteiger partial charge in [-0.25, -0.2) is 4.98 Å². The van der Waals surface area contributed by atoms with Crippen LogP contribution in [0.1, 0.15) is 25.3 Å². The molecule has 0 saturated carbocycles. The first-order valence-electron chi connectivity index (χ1n) is 8.40. The lowest BCUT2D eigenvalue weighted by molar-refractivity contribution is -0.115. The van der Waals surface area contributed by atoms with Crippen molar-refractivity contribution < 1.29 is 4.79 Å². The molecule has 1 aromatic heterocycles. The Bertz CT molecular complexity index is 671. The third kappa shape index (κ3) is 4.29. The van der Waals surface area contributed by atoms with Crippen molar-refractivity contribution in [3.63, 3.8) is 0 Å². The Morgan fingerprint density at radius 2 is 1.96 bits per heavy atom. The van der Waals surface area contributed by atoms with Crippen LogP contribution in [0.5, 0.6) is 0 Å². The molecule has 1 saturated heterocycles. The molecule has 0 radical (unpaired) electrons. The molecule has 2 heterocycles. The lowest BCUT2D eigenvalue weighted by Crippen LogP contribution is -2.26. The number of thioether (sulfide) groups is 1. The van der Waals surface area contributed by atoms with Crippen molar-refractivity contribution in [3.05, 3.63) is 54.2 Å². The van der Waals surface area contributed by atoms with Gasteiger partial charge < -0.3 is 10.2 Å². The number of carbonyl (C=O) groups excluding carboxylic acids is 1. The molecule has 24 heavy (non-hydrogen) atoms. The summed E-state index contributed by atoms with van der Waals surface area (Å²) in [6.07, 6.45) is 4.16. The topological polar surface area (TPSA) is 45.2 Å². The van der Waals surface area contributed by atoms with Crippen LogP contribution in [-0.2, 0) is 10.5 Å². The van der Waals surface area contributed by atoms with Gasteiger partial charge in [0.25, 0.3) is 0 Å². The van der Waals surface area contributed by atoms with E-state index in [9.17, 15) is 4.79 Å². The Morgan fingerprint density at radius 1 is 1.21 bits per heavy atom. The van der Waals surface area contributed by atoms with Gasteiger partial charge in [0, 0.05) is 25.0 Å². The molecule has 1 aliphatic heterocycles. The molecular weight excluding hydrogens is 318 g/mol. The van der Waals surface area contributed by atoms with Gasteiger partial charge >= 0.3 is 0 Å². The largest absolute Gasteiger partial charge is 0.355 e. The zero-order valence-corrected chi connectivity index (χ0v) is 14.8. The van der Waals surface area contributed by atoms with Crippen LogP contribution in [0.3, 0.4) is 0 Å². The van der Waals surface area contributed by atoms with Crippen LogP contribution >= 0.6 is 11.8 Å². The van der Waals surface area contributed by atoms with Crippen LogP contribution in [0.2, 0.25) is 0 Å². The minimum absolute atomic E-state index is 0.0318. The predicted molar refractivity (Wildman–Crippen MR) is 102 cm³/mol. The molecule has 5 heteroatoms. The van der Waals surface area contributed by atoms with Crippen LogP contribution in [0.4, 0.5) is 11.5 Å². The van der Waals surface area contributed by atoms with Crippen molar-refractivity contribution >= 4 is 29.2 Å². The minimum atomic E-state index is -0.114. The summed E-state index contributed by atoms with van der Waals surface area (Å²) in [5.74, 6) is 1.76. The van der Waals surface area contributed by atoms with Crippen LogP contribution in [0, 0.1) is 0 Å². The summed E-state index contributed by atoms with van der Waals surface area (Å²) in [5.41, 5.74) is 2.05. The first-order chi connectivity index (χ1) is 11.7. The fourth-order valence-corrected chi connectivity index (χ4v) is 3.63. The molecule has 1 aromatic carbocycles. The fraction of sp³-hybridized carbons (Fsp3) is 0.368. The average Bonchev–Trinajstić information content (AvgIpc) is 3.15. The van der Waals surface area contributed by atoms with E-state index in [1.165, 1.54) is 18.4 Å². The number of carbonyl (C=O) groups is 1. The molecule has 1 fully saturated rings. The molecule has 126 valence electrons. The number of hydrogen-bond donors (Lipinski definition) is 1. The van der Waals surface area contributed by atoms with E-state index in [0.717, 1.165) is 30.3 Å². The van der Waals surface area contributed by atoms with E-state index in [1.54, 1.807) is 18.0 Å². The first kappa shape index (κ1) is 16.8. The van der Waals surface area contributed by atoms with Gasteiger partial charge in [-0.05, 0) is 37.5 Å². The van der Waals surface area contributed by atoms with Crippen LogP contribution < -0.4 is 10.2 Å². The molecule has 0 spiro atoms. The molecule has 4 nitrogen and oxygen atoms in total. The van der Waals surface area contributed by atoms with Gasteiger partial charge in [-0.3, -0.25) is 4.79 Å². The molecular formula is C19H23N3OS. The second-order valence-corrected chi connectivity index (χ2v) is 7.33. The van der Waals surface area contributed by atoms with Gasteiger partial charge in [-0.15, -0.1) is 11.8 Å². The van der Waals surface area contributed by atoms with E-state index in [1.807, 2.05) is 37.3 Å². The number of anilines is 2. The van der Waals surface area contributed by atoms with Crippen LogP contribution in [0.15, 0.2) is 48.7 Å². The Morgan fingerprint density at radius 3 is 2.71 bits per heavy atom. The second kappa shape index (κ2) is 8.20. The fourth-order valence-electron chi connectivity index (χ4n) is 2.78. The first-order valence-corrected chi connectivity index (χ1v) is 9.45. The Balaban J connectivity index is 1.60. The van der Waals surface area contributed by atoms with Gasteiger partial charge in [0.15, 0.2) is 5.82 Å². The number of aromatic nitrogens is 1. The summed E-state index contributed by atoms with van der Waals surface area (Å²) in [6.45, 7) is 3.98. The smallest absolute Gasteiger partial charge is 0.237 e. The van der Waals surface area contributed by atoms with E-state index in [4.69, 9.17) is 0 Å². The highest BCUT2D eigenvalue weighted by atomic mass is 32.2. The van der Waals surface area contributed by atoms with Gasteiger partial charge in [0.2, 0.25) is 5.91 Å². The molecule has 1 atom stereocenters.